The zero-order chi connectivity index (χ0) is 13.9. The van der Waals surface area contributed by atoms with Crippen LogP contribution in [0.2, 0.25) is 0 Å². The predicted molar refractivity (Wildman–Crippen MR) is 77.3 cm³/mol. The molecule has 1 unspecified atom stereocenters. The number of hydrogen-bond acceptors (Lipinski definition) is 3. The summed E-state index contributed by atoms with van der Waals surface area (Å²) < 4.78 is 11.5. The highest BCUT2D eigenvalue weighted by Crippen LogP contribution is 2.37. The van der Waals surface area contributed by atoms with E-state index in [0.29, 0.717) is 6.61 Å². The third-order valence-corrected chi connectivity index (χ3v) is 4.10. The number of rotatable bonds is 4. The lowest BCUT2D eigenvalue weighted by Crippen LogP contribution is -2.48. The fourth-order valence-electron chi connectivity index (χ4n) is 3.01. The van der Waals surface area contributed by atoms with Gasteiger partial charge in [0.2, 0.25) is 0 Å². The van der Waals surface area contributed by atoms with Crippen molar-refractivity contribution in [2.75, 3.05) is 19.8 Å². The van der Waals surface area contributed by atoms with Gasteiger partial charge in [-0.25, -0.2) is 0 Å². The molecule has 106 valence electrons. The summed E-state index contributed by atoms with van der Waals surface area (Å²) in [6.45, 7) is 8.43. The molecule has 0 saturated carbocycles. The minimum absolute atomic E-state index is 0.0862. The standard InChI is InChI=1S/C16H25NO2/c1-4-19-16(7-9-18-10-8-16)15(17)14-6-5-12(2)11-13(14)3/h5-6,11,15H,4,7-10,17H2,1-3H3. The van der Waals surface area contributed by atoms with Crippen molar-refractivity contribution in [1.29, 1.82) is 0 Å². The van der Waals surface area contributed by atoms with Gasteiger partial charge in [0.25, 0.3) is 0 Å². The van der Waals surface area contributed by atoms with Crippen LogP contribution in [0.4, 0.5) is 0 Å². The smallest absolute Gasteiger partial charge is 0.0917 e. The van der Waals surface area contributed by atoms with Gasteiger partial charge in [-0.15, -0.1) is 0 Å². The zero-order valence-electron chi connectivity index (χ0n) is 12.2. The van der Waals surface area contributed by atoms with Crippen molar-refractivity contribution < 1.29 is 9.47 Å². The maximum atomic E-state index is 6.56. The molecule has 19 heavy (non-hydrogen) atoms. The summed E-state index contributed by atoms with van der Waals surface area (Å²) in [6.07, 6.45) is 1.74. The highest BCUT2D eigenvalue weighted by molar-refractivity contribution is 5.34. The summed E-state index contributed by atoms with van der Waals surface area (Å²) in [5.74, 6) is 0. The normalized spacial score (nSPS) is 20.2. The third-order valence-electron chi connectivity index (χ3n) is 4.10. The first-order valence-electron chi connectivity index (χ1n) is 7.13. The summed E-state index contributed by atoms with van der Waals surface area (Å²) in [5, 5.41) is 0. The molecule has 0 aromatic heterocycles. The van der Waals surface area contributed by atoms with Crippen molar-refractivity contribution in [2.45, 2.75) is 45.3 Å². The van der Waals surface area contributed by atoms with Crippen LogP contribution in [-0.2, 0) is 9.47 Å². The molecule has 1 heterocycles. The highest BCUT2D eigenvalue weighted by atomic mass is 16.5. The van der Waals surface area contributed by atoms with Gasteiger partial charge < -0.3 is 15.2 Å². The first-order chi connectivity index (χ1) is 9.09. The van der Waals surface area contributed by atoms with Crippen LogP contribution in [0, 0.1) is 13.8 Å². The van der Waals surface area contributed by atoms with E-state index >= 15 is 0 Å². The Kier molecular flexibility index (Phi) is 4.61. The van der Waals surface area contributed by atoms with Crippen molar-refractivity contribution in [1.82, 2.24) is 0 Å². The van der Waals surface area contributed by atoms with Gasteiger partial charge in [-0.05, 0) is 31.9 Å². The van der Waals surface area contributed by atoms with Crippen molar-refractivity contribution in [3.8, 4) is 0 Å². The van der Waals surface area contributed by atoms with Crippen molar-refractivity contribution in [3.63, 3.8) is 0 Å². The number of aryl methyl sites for hydroxylation is 2. The van der Waals surface area contributed by atoms with E-state index < -0.39 is 0 Å². The second kappa shape index (κ2) is 6.04. The monoisotopic (exact) mass is 263 g/mol. The Morgan fingerprint density at radius 1 is 1.32 bits per heavy atom. The lowest BCUT2D eigenvalue weighted by molar-refractivity contribution is -0.121. The molecule has 2 rings (SSSR count). The van der Waals surface area contributed by atoms with Crippen LogP contribution in [0.5, 0.6) is 0 Å². The van der Waals surface area contributed by atoms with Crippen LogP contribution in [-0.4, -0.2) is 25.4 Å². The lowest BCUT2D eigenvalue weighted by atomic mass is 9.81. The molecule has 1 fully saturated rings. The first-order valence-corrected chi connectivity index (χ1v) is 7.13. The second-order valence-electron chi connectivity index (χ2n) is 5.45. The van der Waals surface area contributed by atoms with E-state index in [2.05, 4.69) is 32.0 Å². The largest absolute Gasteiger partial charge is 0.381 e. The quantitative estimate of drug-likeness (QED) is 0.908. The molecule has 1 aliphatic heterocycles. The molecule has 1 aliphatic rings. The molecule has 1 aromatic carbocycles. The van der Waals surface area contributed by atoms with E-state index in [1.165, 1.54) is 16.7 Å². The van der Waals surface area contributed by atoms with Gasteiger partial charge >= 0.3 is 0 Å². The summed E-state index contributed by atoms with van der Waals surface area (Å²) in [7, 11) is 0. The van der Waals surface area contributed by atoms with Crippen LogP contribution in [0.15, 0.2) is 18.2 Å². The van der Waals surface area contributed by atoms with Gasteiger partial charge in [-0.2, -0.15) is 0 Å². The van der Waals surface area contributed by atoms with Gasteiger partial charge in [0.1, 0.15) is 0 Å². The molecule has 1 saturated heterocycles. The van der Waals surface area contributed by atoms with E-state index in [0.717, 1.165) is 26.1 Å². The van der Waals surface area contributed by atoms with Crippen LogP contribution in [0.3, 0.4) is 0 Å². The maximum absolute atomic E-state index is 6.56. The van der Waals surface area contributed by atoms with E-state index in [4.69, 9.17) is 15.2 Å². The molecule has 0 radical (unpaired) electrons. The molecule has 0 spiro atoms. The van der Waals surface area contributed by atoms with Crippen molar-refractivity contribution in [2.24, 2.45) is 5.73 Å². The van der Waals surface area contributed by atoms with E-state index in [9.17, 15) is 0 Å². The predicted octanol–water partition coefficient (Wildman–Crippen LogP) is 2.89. The topological polar surface area (TPSA) is 44.5 Å². The minimum Gasteiger partial charge on any atom is -0.381 e. The fourth-order valence-corrected chi connectivity index (χ4v) is 3.01. The molecule has 3 heteroatoms. The van der Waals surface area contributed by atoms with Crippen LogP contribution < -0.4 is 5.73 Å². The van der Waals surface area contributed by atoms with Gasteiger partial charge in [0, 0.05) is 32.7 Å². The molecule has 3 nitrogen and oxygen atoms in total. The molecule has 0 amide bonds. The molecule has 0 aliphatic carbocycles. The van der Waals surface area contributed by atoms with E-state index in [1.807, 2.05) is 6.92 Å². The average molecular weight is 263 g/mol. The SMILES string of the molecule is CCOC1(C(N)c2ccc(C)cc2C)CCOCC1. The third kappa shape index (κ3) is 2.99. The molecular formula is C16H25NO2. The van der Waals surface area contributed by atoms with Crippen LogP contribution in [0.25, 0.3) is 0 Å². The van der Waals surface area contributed by atoms with Crippen molar-refractivity contribution >= 4 is 0 Å². The minimum atomic E-state index is -0.271. The molecular weight excluding hydrogens is 238 g/mol. The Bertz CT molecular complexity index is 419. The van der Waals surface area contributed by atoms with Crippen LogP contribution in [0.1, 0.15) is 42.5 Å². The summed E-state index contributed by atoms with van der Waals surface area (Å²) in [6, 6.07) is 6.37. The van der Waals surface area contributed by atoms with Gasteiger partial charge in [0.05, 0.1) is 11.6 Å². The molecule has 0 bridgehead atoms. The van der Waals surface area contributed by atoms with Gasteiger partial charge in [-0.3, -0.25) is 0 Å². The summed E-state index contributed by atoms with van der Waals surface area (Å²) >= 11 is 0. The average Bonchev–Trinajstić information content (AvgIpc) is 2.39. The van der Waals surface area contributed by atoms with E-state index in [1.54, 1.807) is 0 Å². The first kappa shape index (κ1) is 14.5. The number of ether oxygens (including phenoxy) is 2. The molecule has 2 N–H and O–H groups in total. The summed E-state index contributed by atoms with van der Waals surface area (Å²) in [5.41, 5.74) is 10.0. The van der Waals surface area contributed by atoms with Crippen LogP contribution >= 0.6 is 0 Å². The second-order valence-corrected chi connectivity index (χ2v) is 5.45. The number of nitrogens with two attached hydrogens (primary N) is 1. The zero-order valence-corrected chi connectivity index (χ0v) is 12.2. The molecule has 1 atom stereocenters. The fraction of sp³-hybridized carbons (Fsp3) is 0.625. The van der Waals surface area contributed by atoms with Crippen molar-refractivity contribution in [3.05, 3.63) is 34.9 Å². The number of benzene rings is 1. The van der Waals surface area contributed by atoms with Gasteiger partial charge in [-0.1, -0.05) is 23.8 Å². The highest BCUT2D eigenvalue weighted by Gasteiger charge is 2.40. The molecule has 1 aromatic rings. The Labute approximate surface area is 116 Å². The lowest BCUT2D eigenvalue weighted by Gasteiger charge is -2.42. The Hall–Kier alpha value is -0.900. The Morgan fingerprint density at radius 2 is 2.00 bits per heavy atom. The number of hydrogen-bond donors (Lipinski definition) is 1. The Morgan fingerprint density at radius 3 is 2.58 bits per heavy atom. The maximum Gasteiger partial charge on any atom is 0.0917 e. The Balaban J connectivity index is 2.30. The van der Waals surface area contributed by atoms with E-state index in [-0.39, 0.29) is 11.6 Å². The van der Waals surface area contributed by atoms with Gasteiger partial charge in [0.15, 0.2) is 0 Å². The summed E-state index contributed by atoms with van der Waals surface area (Å²) in [4.78, 5) is 0.